The van der Waals surface area contributed by atoms with Gasteiger partial charge in [-0.3, -0.25) is 5.10 Å². The minimum Gasteiger partial charge on any atom is -0.497 e. The Hall–Kier alpha value is -2.80. The number of aromatic amines is 1. The summed E-state index contributed by atoms with van der Waals surface area (Å²) < 4.78 is 9.84. The molecule has 128 valence electrons. The normalized spacial score (nSPS) is 10.5. The number of hydrogen-bond acceptors (Lipinski definition) is 6. The second-order valence-electron chi connectivity index (χ2n) is 5.17. The highest BCUT2D eigenvalue weighted by Gasteiger charge is 2.08. The van der Waals surface area contributed by atoms with Gasteiger partial charge in [-0.25, -0.2) is 9.78 Å². The van der Waals surface area contributed by atoms with Crippen molar-refractivity contribution in [2.75, 3.05) is 14.2 Å². The molecule has 0 aliphatic carbocycles. The van der Waals surface area contributed by atoms with E-state index in [9.17, 15) is 4.79 Å². The molecule has 0 amide bonds. The van der Waals surface area contributed by atoms with Crippen molar-refractivity contribution >= 4 is 17.7 Å². The van der Waals surface area contributed by atoms with Gasteiger partial charge in [0.05, 0.1) is 19.8 Å². The molecule has 0 aliphatic rings. The van der Waals surface area contributed by atoms with E-state index < -0.39 is 0 Å². The van der Waals surface area contributed by atoms with Crippen molar-refractivity contribution in [1.29, 1.82) is 0 Å². The highest BCUT2D eigenvalue weighted by molar-refractivity contribution is 7.98. The molecule has 1 heterocycles. The van der Waals surface area contributed by atoms with Gasteiger partial charge in [-0.1, -0.05) is 23.9 Å². The van der Waals surface area contributed by atoms with Gasteiger partial charge in [-0.15, -0.1) is 5.10 Å². The molecule has 0 radical (unpaired) electrons. The first-order valence-electron chi connectivity index (χ1n) is 7.56. The number of esters is 1. The molecule has 0 spiro atoms. The number of aromatic nitrogens is 3. The third kappa shape index (κ3) is 4.19. The van der Waals surface area contributed by atoms with Crippen LogP contribution in [0.5, 0.6) is 5.75 Å². The number of ether oxygens (including phenoxy) is 2. The molecule has 1 N–H and O–H groups in total. The fourth-order valence-corrected chi connectivity index (χ4v) is 2.95. The van der Waals surface area contributed by atoms with Gasteiger partial charge in [0.25, 0.3) is 0 Å². The maximum Gasteiger partial charge on any atom is 0.337 e. The maximum absolute atomic E-state index is 11.4. The van der Waals surface area contributed by atoms with Gasteiger partial charge in [0.2, 0.25) is 5.16 Å². The number of carbonyl (C=O) groups excluding carboxylic acids is 1. The molecule has 0 bridgehead atoms. The minimum atomic E-state index is -0.336. The molecule has 0 fully saturated rings. The van der Waals surface area contributed by atoms with Crippen LogP contribution < -0.4 is 4.74 Å². The van der Waals surface area contributed by atoms with Gasteiger partial charge >= 0.3 is 5.97 Å². The Kier molecular flexibility index (Phi) is 5.35. The monoisotopic (exact) mass is 355 g/mol. The Morgan fingerprint density at radius 3 is 2.44 bits per heavy atom. The highest BCUT2D eigenvalue weighted by Crippen LogP contribution is 2.24. The van der Waals surface area contributed by atoms with Crippen LogP contribution in [0.25, 0.3) is 11.4 Å². The van der Waals surface area contributed by atoms with Crippen molar-refractivity contribution in [2.45, 2.75) is 10.9 Å². The van der Waals surface area contributed by atoms with Crippen LogP contribution in [-0.2, 0) is 10.5 Å². The summed E-state index contributed by atoms with van der Waals surface area (Å²) >= 11 is 1.52. The number of methoxy groups -OCH3 is 2. The lowest BCUT2D eigenvalue weighted by Gasteiger charge is -2.01. The molecule has 3 rings (SSSR count). The van der Waals surface area contributed by atoms with Crippen LogP contribution in [-0.4, -0.2) is 35.4 Å². The van der Waals surface area contributed by atoms with Gasteiger partial charge in [-0.2, -0.15) is 0 Å². The van der Waals surface area contributed by atoms with E-state index in [-0.39, 0.29) is 5.97 Å². The van der Waals surface area contributed by atoms with E-state index in [1.54, 1.807) is 19.2 Å². The molecule has 2 aromatic carbocycles. The summed E-state index contributed by atoms with van der Waals surface area (Å²) in [6.45, 7) is 0. The molecule has 0 atom stereocenters. The Bertz CT molecular complexity index is 845. The summed E-state index contributed by atoms with van der Waals surface area (Å²) in [6, 6.07) is 14.9. The van der Waals surface area contributed by atoms with Crippen LogP contribution in [0, 0.1) is 0 Å². The summed E-state index contributed by atoms with van der Waals surface area (Å²) in [6.07, 6.45) is 0. The van der Waals surface area contributed by atoms with E-state index in [1.807, 2.05) is 36.4 Å². The van der Waals surface area contributed by atoms with Crippen molar-refractivity contribution < 1.29 is 14.3 Å². The first kappa shape index (κ1) is 17.0. The second kappa shape index (κ2) is 7.85. The molecule has 7 heteroatoms. The zero-order valence-corrected chi connectivity index (χ0v) is 14.7. The van der Waals surface area contributed by atoms with E-state index in [1.165, 1.54) is 18.9 Å². The molecule has 0 saturated heterocycles. The van der Waals surface area contributed by atoms with Crippen LogP contribution in [0.15, 0.2) is 53.7 Å². The van der Waals surface area contributed by atoms with Crippen LogP contribution in [0.3, 0.4) is 0 Å². The van der Waals surface area contributed by atoms with Crippen molar-refractivity contribution in [3.05, 3.63) is 59.7 Å². The Labute approximate surface area is 149 Å². The average Bonchev–Trinajstić information content (AvgIpc) is 3.15. The summed E-state index contributed by atoms with van der Waals surface area (Å²) in [5.74, 6) is 1.89. The molecule has 25 heavy (non-hydrogen) atoms. The molecule has 1 aromatic heterocycles. The number of nitrogens with zero attached hydrogens (tertiary/aromatic N) is 2. The molecular weight excluding hydrogens is 338 g/mol. The third-order valence-corrected chi connectivity index (χ3v) is 4.49. The highest BCUT2D eigenvalue weighted by atomic mass is 32.2. The number of rotatable bonds is 6. The smallest absolute Gasteiger partial charge is 0.337 e. The molecular formula is C18H17N3O3S. The van der Waals surface area contributed by atoms with Gasteiger partial charge in [0, 0.05) is 11.3 Å². The lowest BCUT2D eigenvalue weighted by molar-refractivity contribution is 0.0600. The number of benzene rings is 2. The molecule has 0 aliphatic heterocycles. The second-order valence-corrected chi connectivity index (χ2v) is 6.11. The van der Waals surface area contributed by atoms with Crippen LogP contribution in [0.1, 0.15) is 15.9 Å². The Morgan fingerprint density at radius 1 is 1.08 bits per heavy atom. The SMILES string of the molecule is COC(=O)c1ccc(CSc2n[nH]c(-c3ccc(OC)cc3)n2)cc1. The largest absolute Gasteiger partial charge is 0.497 e. The van der Waals surface area contributed by atoms with E-state index in [0.29, 0.717) is 22.3 Å². The van der Waals surface area contributed by atoms with Crippen molar-refractivity contribution in [3.63, 3.8) is 0 Å². The topological polar surface area (TPSA) is 77.1 Å². The quantitative estimate of drug-likeness (QED) is 0.538. The summed E-state index contributed by atoms with van der Waals surface area (Å²) in [4.78, 5) is 15.9. The average molecular weight is 355 g/mol. The van der Waals surface area contributed by atoms with Crippen LogP contribution >= 0.6 is 11.8 Å². The van der Waals surface area contributed by atoms with Crippen molar-refractivity contribution in [3.8, 4) is 17.1 Å². The molecule has 3 aromatic rings. The number of nitrogens with one attached hydrogen (secondary N) is 1. The third-order valence-electron chi connectivity index (χ3n) is 3.57. The number of hydrogen-bond donors (Lipinski definition) is 1. The van der Waals surface area contributed by atoms with Crippen molar-refractivity contribution in [1.82, 2.24) is 15.2 Å². The van der Waals surface area contributed by atoms with E-state index in [0.717, 1.165) is 16.9 Å². The predicted molar refractivity (Wildman–Crippen MR) is 95.7 cm³/mol. The van der Waals surface area contributed by atoms with E-state index in [2.05, 4.69) is 19.9 Å². The Morgan fingerprint density at radius 2 is 1.80 bits per heavy atom. The summed E-state index contributed by atoms with van der Waals surface area (Å²) in [5.41, 5.74) is 2.56. The first-order valence-corrected chi connectivity index (χ1v) is 8.55. The Balaban J connectivity index is 1.62. The first-order chi connectivity index (χ1) is 12.2. The number of carbonyl (C=O) groups is 1. The van der Waals surface area contributed by atoms with Crippen LogP contribution in [0.2, 0.25) is 0 Å². The molecule has 0 unspecified atom stereocenters. The summed E-state index contributed by atoms with van der Waals surface area (Å²) in [7, 11) is 3.01. The predicted octanol–water partition coefficient (Wildman–Crippen LogP) is 3.56. The fourth-order valence-electron chi connectivity index (χ4n) is 2.19. The van der Waals surface area contributed by atoms with E-state index in [4.69, 9.17) is 4.74 Å². The van der Waals surface area contributed by atoms with Gasteiger partial charge in [0.15, 0.2) is 5.82 Å². The number of thioether (sulfide) groups is 1. The maximum atomic E-state index is 11.4. The lowest BCUT2D eigenvalue weighted by Crippen LogP contribution is -2.00. The summed E-state index contributed by atoms with van der Waals surface area (Å²) in [5, 5.41) is 7.84. The molecule has 6 nitrogen and oxygen atoms in total. The van der Waals surface area contributed by atoms with Gasteiger partial charge < -0.3 is 9.47 Å². The molecule has 0 saturated carbocycles. The standard InChI is InChI=1S/C18H17N3O3S/c1-23-15-9-7-13(8-10-15)16-19-18(21-20-16)25-11-12-3-5-14(6-4-12)17(22)24-2/h3-10H,11H2,1-2H3,(H,19,20,21). The van der Waals surface area contributed by atoms with Gasteiger partial charge in [-0.05, 0) is 42.0 Å². The lowest BCUT2D eigenvalue weighted by atomic mass is 10.1. The minimum absolute atomic E-state index is 0.336. The van der Waals surface area contributed by atoms with Gasteiger partial charge in [0.1, 0.15) is 5.75 Å². The van der Waals surface area contributed by atoms with E-state index >= 15 is 0 Å². The zero-order valence-electron chi connectivity index (χ0n) is 13.9. The fraction of sp³-hybridized carbons (Fsp3) is 0.167. The zero-order chi connectivity index (χ0) is 17.6. The number of H-pyrrole nitrogens is 1. The van der Waals surface area contributed by atoms with Crippen molar-refractivity contribution in [2.24, 2.45) is 0 Å². The van der Waals surface area contributed by atoms with Crippen LogP contribution in [0.4, 0.5) is 0 Å².